The molecule has 6 nitrogen and oxygen atoms in total. The van der Waals surface area contributed by atoms with Crippen molar-refractivity contribution in [1.82, 2.24) is 20.5 Å². The van der Waals surface area contributed by atoms with E-state index >= 15 is 0 Å². The minimum absolute atomic E-state index is 0. The highest BCUT2D eigenvalue weighted by atomic mass is 127. The maximum atomic E-state index is 5.23. The highest BCUT2D eigenvalue weighted by Gasteiger charge is 2.19. The number of rotatable bonds is 7. The second-order valence-electron chi connectivity index (χ2n) is 7.24. The fraction of sp³-hybridized carbons (Fsp3) is 0.524. The lowest BCUT2D eigenvalue weighted by molar-refractivity contribution is 0.178. The standard InChI is InChI=1S/C21H31N5OS.HI/c1-16-12-23-20(28-16)14-25-21(22-2)24-13-17-8-10-26(11-9-17)15-18-4-6-19(27-3)7-5-18;/h4-7,12,17H,8-11,13-15H2,1-3H3,(H2,22,24,25);1H. The molecule has 1 aliphatic heterocycles. The van der Waals surface area contributed by atoms with Crippen LogP contribution in [0, 0.1) is 12.8 Å². The normalized spacial score (nSPS) is 15.6. The van der Waals surface area contributed by atoms with Crippen LogP contribution in [0.25, 0.3) is 0 Å². The fourth-order valence-corrected chi connectivity index (χ4v) is 4.17. The van der Waals surface area contributed by atoms with Crippen LogP contribution in [0.5, 0.6) is 5.75 Å². The molecule has 3 rings (SSSR count). The molecule has 1 fully saturated rings. The van der Waals surface area contributed by atoms with Gasteiger partial charge >= 0.3 is 0 Å². The predicted molar refractivity (Wildman–Crippen MR) is 131 cm³/mol. The van der Waals surface area contributed by atoms with Crippen LogP contribution in [0.15, 0.2) is 35.5 Å². The summed E-state index contributed by atoms with van der Waals surface area (Å²) in [5.41, 5.74) is 1.35. The Balaban J connectivity index is 0.00000300. The molecule has 0 bridgehead atoms. The van der Waals surface area contributed by atoms with Crippen molar-refractivity contribution in [2.45, 2.75) is 32.9 Å². The zero-order valence-corrected chi connectivity index (χ0v) is 20.6. The maximum Gasteiger partial charge on any atom is 0.191 e. The smallest absolute Gasteiger partial charge is 0.191 e. The molecule has 0 radical (unpaired) electrons. The van der Waals surface area contributed by atoms with E-state index < -0.39 is 0 Å². The van der Waals surface area contributed by atoms with Crippen molar-refractivity contribution in [3.05, 3.63) is 45.9 Å². The minimum atomic E-state index is 0. The molecular weight excluding hydrogens is 497 g/mol. The Hall–Kier alpha value is -1.39. The van der Waals surface area contributed by atoms with Crippen molar-refractivity contribution in [2.75, 3.05) is 33.8 Å². The van der Waals surface area contributed by atoms with Crippen molar-refractivity contribution in [1.29, 1.82) is 0 Å². The quantitative estimate of drug-likeness (QED) is 0.326. The summed E-state index contributed by atoms with van der Waals surface area (Å²) >= 11 is 1.72. The highest BCUT2D eigenvalue weighted by Crippen LogP contribution is 2.19. The molecule has 1 saturated heterocycles. The van der Waals surface area contributed by atoms with Crippen LogP contribution in [0.2, 0.25) is 0 Å². The van der Waals surface area contributed by atoms with E-state index in [-0.39, 0.29) is 24.0 Å². The number of methoxy groups -OCH3 is 1. The largest absolute Gasteiger partial charge is 0.497 e. The van der Waals surface area contributed by atoms with E-state index in [0.29, 0.717) is 5.92 Å². The number of likely N-dealkylation sites (tertiary alicyclic amines) is 1. The summed E-state index contributed by atoms with van der Waals surface area (Å²) < 4.78 is 5.23. The van der Waals surface area contributed by atoms with Crippen LogP contribution >= 0.6 is 35.3 Å². The Labute approximate surface area is 195 Å². The molecule has 160 valence electrons. The third kappa shape index (κ3) is 7.75. The third-order valence-corrected chi connectivity index (χ3v) is 6.04. The number of hydrogen-bond acceptors (Lipinski definition) is 5. The summed E-state index contributed by atoms with van der Waals surface area (Å²) in [5.74, 6) is 2.46. The number of halogens is 1. The number of aliphatic imine (C=N–C) groups is 1. The first-order valence-corrected chi connectivity index (χ1v) is 10.7. The van der Waals surface area contributed by atoms with Gasteiger partial charge in [-0.2, -0.15) is 0 Å². The number of hydrogen-bond donors (Lipinski definition) is 2. The van der Waals surface area contributed by atoms with Gasteiger partial charge in [0.1, 0.15) is 10.8 Å². The van der Waals surface area contributed by atoms with Crippen LogP contribution in [0.4, 0.5) is 0 Å². The number of aryl methyl sites for hydroxylation is 1. The molecule has 0 spiro atoms. The van der Waals surface area contributed by atoms with Crippen molar-refractivity contribution >= 4 is 41.3 Å². The van der Waals surface area contributed by atoms with Crippen LogP contribution in [-0.4, -0.2) is 49.6 Å². The first-order valence-electron chi connectivity index (χ1n) is 9.87. The van der Waals surface area contributed by atoms with E-state index in [4.69, 9.17) is 4.74 Å². The van der Waals surface area contributed by atoms with Gasteiger partial charge in [-0.3, -0.25) is 9.89 Å². The van der Waals surface area contributed by atoms with Gasteiger partial charge in [-0.05, 0) is 56.5 Å². The van der Waals surface area contributed by atoms with Crippen LogP contribution < -0.4 is 15.4 Å². The van der Waals surface area contributed by atoms with E-state index in [1.54, 1.807) is 18.4 Å². The summed E-state index contributed by atoms with van der Waals surface area (Å²) in [5, 5.41) is 7.92. The second-order valence-corrected chi connectivity index (χ2v) is 8.56. The third-order valence-electron chi connectivity index (χ3n) is 5.13. The maximum absolute atomic E-state index is 5.23. The van der Waals surface area contributed by atoms with Gasteiger partial charge in [-0.1, -0.05) is 12.1 Å². The van der Waals surface area contributed by atoms with Gasteiger partial charge in [0.05, 0.1) is 13.7 Å². The summed E-state index contributed by atoms with van der Waals surface area (Å²) in [4.78, 5) is 12.5. The summed E-state index contributed by atoms with van der Waals surface area (Å²) in [6.07, 6.45) is 4.34. The number of nitrogens with zero attached hydrogens (tertiary/aromatic N) is 3. The highest BCUT2D eigenvalue weighted by molar-refractivity contribution is 14.0. The van der Waals surface area contributed by atoms with Gasteiger partial charge in [0.25, 0.3) is 0 Å². The molecule has 1 aliphatic rings. The first-order chi connectivity index (χ1) is 13.7. The average molecular weight is 529 g/mol. The molecule has 2 heterocycles. The predicted octanol–water partition coefficient (Wildman–Crippen LogP) is 3.66. The molecule has 1 aromatic heterocycles. The zero-order chi connectivity index (χ0) is 19.8. The van der Waals surface area contributed by atoms with E-state index in [1.165, 1.54) is 23.3 Å². The monoisotopic (exact) mass is 529 g/mol. The number of piperidine rings is 1. The summed E-state index contributed by atoms with van der Waals surface area (Å²) in [7, 11) is 3.53. The van der Waals surface area contributed by atoms with Gasteiger partial charge in [0.2, 0.25) is 0 Å². The molecule has 8 heteroatoms. The molecule has 29 heavy (non-hydrogen) atoms. The molecule has 0 saturated carbocycles. The SMILES string of the molecule is CN=C(NCc1ncc(C)s1)NCC1CCN(Cc2ccc(OC)cc2)CC1.I. The zero-order valence-electron chi connectivity index (χ0n) is 17.5. The molecular formula is C21H32IN5OS. The van der Waals surface area contributed by atoms with E-state index in [0.717, 1.165) is 49.4 Å². The Kier molecular flexibility index (Phi) is 10.2. The first kappa shape index (κ1) is 23.9. The Bertz CT molecular complexity index is 757. The van der Waals surface area contributed by atoms with E-state index in [1.807, 2.05) is 25.4 Å². The molecule has 0 amide bonds. The van der Waals surface area contributed by atoms with E-state index in [2.05, 4.69) is 44.6 Å². The van der Waals surface area contributed by atoms with Gasteiger partial charge in [-0.25, -0.2) is 4.98 Å². The number of nitrogens with one attached hydrogen (secondary N) is 2. The lowest BCUT2D eigenvalue weighted by Crippen LogP contribution is -2.42. The van der Waals surface area contributed by atoms with Crippen LogP contribution in [0.1, 0.15) is 28.3 Å². The average Bonchev–Trinajstić information content (AvgIpc) is 3.15. The fourth-order valence-electron chi connectivity index (χ4n) is 3.44. The molecule has 2 aromatic rings. The lowest BCUT2D eigenvalue weighted by Gasteiger charge is -2.32. The van der Waals surface area contributed by atoms with Crippen LogP contribution in [0.3, 0.4) is 0 Å². The molecule has 2 N–H and O–H groups in total. The van der Waals surface area contributed by atoms with Crippen molar-refractivity contribution in [3.8, 4) is 5.75 Å². The summed E-state index contributed by atoms with van der Waals surface area (Å²) in [6, 6.07) is 8.40. The topological polar surface area (TPSA) is 61.8 Å². The minimum Gasteiger partial charge on any atom is -0.497 e. The van der Waals surface area contributed by atoms with Gasteiger partial charge in [0, 0.05) is 31.2 Å². The van der Waals surface area contributed by atoms with Crippen molar-refractivity contribution < 1.29 is 4.74 Å². The second kappa shape index (κ2) is 12.3. The van der Waals surface area contributed by atoms with Crippen LogP contribution in [-0.2, 0) is 13.1 Å². The molecule has 0 unspecified atom stereocenters. The molecule has 0 aliphatic carbocycles. The molecule has 1 aromatic carbocycles. The Morgan fingerprint density at radius 2 is 1.97 bits per heavy atom. The number of aromatic nitrogens is 1. The van der Waals surface area contributed by atoms with E-state index in [9.17, 15) is 0 Å². The van der Waals surface area contributed by atoms with Crippen molar-refractivity contribution in [2.24, 2.45) is 10.9 Å². The van der Waals surface area contributed by atoms with Gasteiger partial charge in [0.15, 0.2) is 5.96 Å². The van der Waals surface area contributed by atoms with Gasteiger partial charge < -0.3 is 15.4 Å². The number of guanidine groups is 1. The lowest BCUT2D eigenvalue weighted by atomic mass is 9.96. The Morgan fingerprint density at radius 1 is 1.24 bits per heavy atom. The molecule has 0 atom stereocenters. The van der Waals surface area contributed by atoms with Crippen molar-refractivity contribution in [3.63, 3.8) is 0 Å². The Morgan fingerprint density at radius 3 is 2.55 bits per heavy atom. The summed E-state index contributed by atoms with van der Waals surface area (Å²) in [6.45, 7) is 7.06. The number of benzene rings is 1. The number of thiazole rings is 1. The van der Waals surface area contributed by atoms with Gasteiger partial charge in [-0.15, -0.1) is 35.3 Å². The number of ether oxygens (including phenoxy) is 1.